The van der Waals surface area contributed by atoms with Crippen LogP contribution in [0.5, 0.6) is 11.5 Å². The van der Waals surface area contributed by atoms with Crippen molar-refractivity contribution in [3.63, 3.8) is 0 Å². The molecule has 0 fully saturated rings. The highest BCUT2D eigenvalue weighted by molar-refractivity contribution is 7.15. The number of methoxy groups -OCH3 is 2. The van der Waals surface area contributed by atoms with Gasteiger partial charge in [-0.15, -0.1) is 10.2 Å². The Bertz CT molecular complexity index is 1060. The normalized spacial score (nSPS) is 11.9. The number of hydrogen-bond donors (Lipinski definition) is 1. The molecule has 1 aromatic carbocycles. The third-order valence-corrected chi connectivity index (χ3v) is 5.64. The van der Waals surface area contributed by atoms with Crippen LogP contribution in [0.4, 0.5) is 5.13 Å². The van der Waals surface area contributed by atoms with Crippen molar-refractivity contribution in [2.24, 2.45) is 7.05 Å². The van der Waals surface area contributed by atoms with Gasteiger partial charge in [0, 0.05) is 31.0 Å². The first-order valence-electron chi connectivity index (χ1n) is 9.00. The van der Waals surface area contributed by atoms with Crippen molar-refractivity contribution in [3.05, 3.63) is 34.0 Å². The summed E-state index contributed by atoms with van der Waals surface area (Å²) in [6.07, 6.45) is 2.45. The summed E-state index contributed by atoms with van der Waals surface area (Å²) in [5.74, 6) is 1.05. The van der Waals surface area contributed by atoms with E-state index in [1.807, 2.05) is 19.2 Å². The van der Waals surface area contributed by atoms with E-state index in [9.17, 15) is 4.79 Å². The number of carbonyl (C=O) groups excluding carboxylic acids is 1. The van der Waals surface area contributed by atoms with Crippen molar-refractivity contribution in [3.8, 4) is 22.8 Å². The summed E-state index contributed by atoms with van der Waals surface area (Å²) in [5, 5.41) is 16.9. The van der Waals surface area contributed by atoms with Crippen molar-refractivity contribution < 1.29 is 14.3 Å². The lowest BCUT2D eigenvalue weighted by molar-refractivity contribution is 0.102. The number of anilines is 1. The third-order valence-electron chi connectivity index (χ3n) is 4.74. The first kappa shape index (κ1) is 18.4. The van der Waals surface area contributed by atoms with E-state index in [2.05, 4.69) is 27.5 Å². The first-order valence-corrected chi connectivity index (χ1v) is 9.82. The minimum Gasteiger partial charge on any atom is -0.493 e. The summed E-state index contributed by atoms with van der Waals surface area (Å²) < 4.78 is 12.6. The Balaban J connectivity index is 1.66. The predicted octanol–water partition coefficient (Wildman–Crippen LogP) is 3.06. The molecule has 3 aromatic rings. The zero-order valence-corrected chi connectivity index (χ0v) is 17.0. The molecule has 2 heterocycles. The fourth-order valence-electron chi connectivity index (χ4n) is 3.51. The second-order valence-corrected chi connectivity index (χ2v) is 7.61. The van der Waals surface area contributed by atoms with Crippen LogP contribution in [0.15, 0.2) is 12.1 Å². The molecule has 1 amide bonds. The number of nitrogens with one attached hydrogen (secondary N) is 1. The zero-order chi connectivity index (χ0) is 19.8. The Labute approximate surface area is 166 Å². The third kappa shape index (κ3) is 3.01. The molecule has 1 aliphatic carbocycles. The summed E-state index contributed by atoms with van der Waals surface area (Å²) in [6.45, 7) is 2.08. The van der Waals surface area contributed by atoms with Crippen LogP contribution in [-0.2, 0) is 19.9 Å². The maximum Gasteiger partial charge on any atom is 0.278 e. The lowest BCUT2D eigenvalue weighted by Gasteiger charge is -2.11. The van der Waals surface area contributed by atoms with Gasteiger partial charge in [-0.05, 0) is 24.1 Å². The van der Waals surface area contributed by atoms with Gasteiger partial charge >= 0.3 is 0 Å². The summed E-state index contributed by atoms with van der Waals surface area (Å²) in [4.78, 5) is 12.9. The van der Waals surface area contributed by atoms with Crippen LogP contribution in [0.25, 0.3) is 11.3 Å². The molecule has 9 heteroatoms. The van der Waals surface area contributed by atoms with Crippen molar-refractivity contribution in [1.29, 1.82) is 0 Å². The lowest BCUT2D eigenvalue weighted by atomic mass is 10.1. The number of aryl methyl sites for hydroxylation is 2. The van der Waals surface area contributed by atoms with E-state index in [1.165, 1.54) is 11.3 Å². The molecule has 0 atom stereocenters. The smallest absolute Gasteiger partial charge is 0.278 e. The number of rotatable bonds is 6. The van der Waals surface area contributed by atoms with Crippen molar-refractivity contribution in [2.45, 2.75) is 26.2 Å². The molecule has 0 bridgehead atoms. The monoisotopic (exact) mass is 399 g/mol. The first-order chi connectivity index (χ1) is 13.5. The molecule has 0 saturated carbocycles. The molecule has 8 nitrogen and oxygen atoms in total. The number of nitrogens with zero attached hydrogens (tertiary/aromatic N) is 4. The Morgan fingerprint density at radius 3 is 2.71 bits per heavy atom. The molecule has 0 radical (unpaired) electrons. The molecular formula is C19H21N5O3S. The summed E-state index contributed by atoms with van der Waals surface area (Å²) in [5.41, 5.74) is 4.30. The van der Waals surface area contributed by atoms with Crippen LogP contribution in [0.2, 0.25) is 0 Å². The lowest BCUT2D eigenvalue weighted by Crippen LogP contribution is -2.14. The second kappa shape index (κ2) is 7.23. The number of hydrogen-bond acceptors (Lipinski definition) is 7. The highest BCUT2D eigenvalue weighted by Gasteiger charge is 2.31. The average Bonchev–Trinajstić information content (AvgIpc) is 3.36. The molecule has 0 spiro atoms. The molecule has 0 saturated heterocycles. The maximum absolute atomic E-state index is 12.9. The quantitative estimate of drug-likeness (QED) is 0.536. The number of amides is 1. The maximum atomic E-state index is 12.9. The van der Waals surface area contributed by atoms with Crippen LogP contribution in [0.1, 0.15) is 40.0 Å². The predicted molar refractivity (Wildman–Crippen MR) is 106 cm³/mol. The number of aromatic nitrogens is 4. The van der Waals surface area contributed by atoms with Crippen molar-refractivity contribution in [2.75, 3.05) is 19.5 Å². The number of fused-ring (bicyclic) bond motifs is 3. The van der Waals surface area contributed by atoms with Gasteiger partial charge in [0.2, 0.25) is 5.13 Å². The molecule has 1 aliphatic rings. The van der Waals surface area contributed by atoms with Crippen molar-refractivity contribution >= 4 is 22.4 Å². The number of benzene rings is 1. The fraction of sp³-hybridized carbons (Fsp3) is 0.368. The van der Waals surface area contributed by atoms with E-state index in [-0.39, 0.29) is 5.91 Å². The SMILES string of the molecule is CCCc1nnc(NC(=O)c2nn(C)c3c2Cc2cc(OC)c(OC)cc2-3)s1. The molecule has 0 aliphatic heterocycles. The molecule has 146 valence electrons. The molecule has 0 unspecified atom stereocenters. The standard InChI is InChI=1S/C19H21N5O3S/c1-5-6-15-21-22-19(28-15)20-18(25)16-12-7-10-8-13(26-3)14(27-4)9-11(10)17(12)24(2)23-16/h8-9H,5-7H2,1-4H3,(H,20,22,25). The Morgan fingerprint density at radius 2 is 2.00 bits per heavy atom. The summed E-state index contributed by atoms with van der Waals surface area (Å²) in [7, 11) is 5.06. The summed E-state index contributed by atoms with van der Waals surface area (Å²) in [6, 6.07) is 3.89. The minimum absolute atomic E-state index is 0.275. The van der Waals surface area contributed by atoms with Crippen LogP contribution in [0.3, 0.4) is 0 Å². The van der Waals surface area contributed by atoms with Gasteiger partial charge in [0.05, 0.1) is 19.9 Å². The van der Waals surface area contributed by atoms with E-state index in [0.717, 1.165) is 40.2 Å². The Hall–Kier alpha value is -2.94. The van der Waals surface area contributed by atoms with Gasteiger partial charge in [0.15, 0.2) is 17.2 Å². The van der Waals surface area contributed by atoms with E-state index in [4.69, 9.17) is 9.47 Å². The van der Waals surface area contributed by atoms with E-state index < -0.39 is 0 Å². The number of carbonyl (C=O) groups is 1. The average molecular weight is 399 g/mol. The topological polar surface area (TPSA) is 91.2 Å². The van der Waals surface area contributed by atoms with Gasteiger partial charge in [0.25, 0.3) is 5.91 Å². The van der Waals surface area contributed by atoms with Crippen LogP contribution in [0, 0.1) is 0 Å². The minimum atomic E-state index is -0.275. The molecule has 4 rings (SSSR count). The second-order valence-electron chi connectivity index (χ2n) is 6.55. The molecule has 1 N–H and O–H groups in total. The van der Waals surface area contributed by atoms with Crippen LogP contribution >= 0.6 is 11.3 Å². The fourth-order valence-corrected chi connectivity index (χ4v) is 4.34. The van der Waals surface area contributed by atoms with E-state index in [0.29, 0.717) is 28.7 Å². The molecular weight excluding hydrogens is 378 g/mol. The van der Waals surface area contributed by atoms with Gasteiger partial charge in [-0.3, -0.25) is 14.8 Å². The van der Waals surface area contributed by atoms with Gasteiger partial charge in [-0.2, -0.15) is 5.10 Å². The number of ether oxygens (including phenoxy) is 2. The highest BCUT2D eigenvalue weighted by atomic mass is 32.1. The Kier molecular flexibility index (Phi) is 4.76. The molecule has 28 heavy (non-hydrogen) atoms. The van der Waals surface area contributed by atoms with Gasteiger partial charge in [-0.25, -0.2) is 0 Å². The van der Waals surface area contributed by atoms with E-state index in [1.54, 1.807) is 18.9 Å². The van der Waals surface area contributed by atoms with Crippen LogP contribution in [-0.4, -0.2) is 40.1 Å². The van der Waals surface area contributed by atoms with Gasteiger partial charge < -0.3 is 9.47 Å². The largest absolute Gasteiger partial charge is 0.493 e. The van der Waals surface area contributed by atoms with Crippen LogP contribution < -0.4 is 14.8 Å². The van der Waals surface area contributed by atoms with E-state index >= 15 is 0 Å². The van der Waals surface area contributed by atoms with Gasteiger partial charge in [-0.1, -0.05) is 18.3 Å². The van der Waals surface area contributed by atoms with Gasteiger partial charge in [0.1, 0.15) is 5.01 Å². The van der Waals surface area contributed by atoms with Crippen molar-refractivity contribution in [1.82, 2.24) is 20.0 Å². The Morgan fingerprint density at radius 1 is 1.25 bits per heavy atom. The summed E-state index contributed by atoms with van der Waals surface area (Å²) >= 11 is 1.40. The zero-order valence-electron chi connectivity index (χ0n) is 16.2. The highest BCUT2D eigenvalue weighted by Crippen LogP contribution is 2.43. The molecule has 2 aromatic heterocycles.